The zero-order valence-corrected chi connectivity index (χ0v) is 9.05. The van der Waals surface area contributed by atoms with E-state index >= 15 is 0 Å². The number of imide groups is 1. The highest BCUT2D eigenvalue weighted by atomic mass is 35.5. The lowest BCUT2D eigenvalue weighted by Crippen LogP contribution is -2.42. The Bertz CT molecular complexity index is 320. The smallest absolute Gasteiger partial charge is 0.229 e. The minimum absolute atomic E-state index is 0.0977. The number of carbonyl (C=O) groups is 3. The number of carbonyl (C=O) groups excluding carboxylic acids is 3. The normalized spacial score (nSPS) is 23.4. The molecule has 0 N–H and O–H groups in total. The number of rotatable bonds is 3. The van der Waals surface area contributed by atoms with Crippen LogP contribution in [-0.4, -0.2) is 27.5 Å². The van der Waals surface area contributed by atoms with Crippen LogP contribution in [0.5, 0.6) is 0 Å². The van der Waals surface area contributed by atoms with Gasteiger partial charge in [-0.2, -0.15) is 0 Å². The molecule has 0 saturated carbocycles. The van der Waals surface area contributed by atoms with Gasteiger partial charge in [0.2, 0.25) is 17.1 Å². The van der Waals surface area contributed by atoms with E-state index in [1.54, 1.807) is 0 Å². The largest absolute Gasteiger partial charge is 0.281 e. The molecule has 0 bridgehead atoms. The Kier molecular flexibility index (Phi) is 2.54. The van der Waals surface area contributed by atoms with E-state index in [9.17, 15) is 14.4 Å². The Balaban J connectivity index is 2.15. The van der Waals surface area contributed by atoms with Gasteiger partial charge in [-0.3, -0.25) is 19.3 Å². The van der Waals surface area contributed by atoms with Crippen molar-refractivity contribution in [2.24, 2.45) is 0 Å². The van der Waals surface area contributed by atoms with Crippen molar-refractivity contribution in [2.45, 2.75) is 44.1 Å². The van der Waals surface area contributed by atoms with E-state index < -0.39 is 10.8 Å². The first kappa shape index (κ1) is 10.6. The molecular formula is C10H12ClNO3. The van der Waals surface area contributed by atoms with E-state index in [-0.39, 0.29) is 18.2 Å². The first-order valence-electron chi connectivity index (χ1n) is 5.09. The van der Waals surface area contributed by atoms with Crippen molar-refractivity contribution in [3.05, 3.63) is 0 Å². The molecule has 2 fully saturated rings. The minimum Gasteiger partial charge on any atom is -0.281 e. The topological polar surface area (TPSA) is 54.5 Å². The lowest BCUT2D eigenvalue weighted by atomic mass is 9.89. The number of fused-ring (bicyclic) bond motifs is 1. The molecule has 0 aromatic rings. The summed E-state index contributed by atoms with van der Waals surface area (Å²) in [6, 6.07) is 0. The predicted molar refractivity (Wildman–Crippen MR) is 53.1 cm³/mol. The van der Waals surface area contributed by atoms with Gasteiger partial charge in [0, 0.05) is 19.3 Å². The van der Waals surface area contributed by atoms with Crippen LogP contribution in [-0.2, 0) is 14.4 Å². The maximum absolute atomic E-state index is 11.5. The highest BCUT2D eigenvalue weighted by Gasteiger charge is 2.52. The Morgan fingerprint density at radius 1 is 1.27 bits per heavy atom. The summed E-state index contributed by atoms with van der Waals surface area (Å²) in [5.74, 6) is -0.195. The molecule has 0 atom stereocenters. The molecule has 0 radical (unpaired) electrons. The first-order chi connectivity index (χ1) is 7.05. The van der Waals surface area contributed by atoms with Gasteiger partial charge in [-0.1, -0.05) is 0 Å². The quantitative estimate of drug-likeness (QED) is 0.540. The van der Waals surface area contributed by atoms with Crippen LogP contribution in [0.2, 0.25) is 0 Å². The van der Waals surface area contributed by atoms with E-state index in [4.69, 9.17) is 11.6 Å². The molecule has 4 nitrogen and oxygen atoms in total. The molecule has 0 spiro atoms. The third kappa shape index (κ3) is 1.67. The summed E-state index contributed by atoms with van der Waals surface area (Å²) in [6.45, 7) is 0. The molecule has 0 unspecified atom stereocenters. The number of hydrogen-bond donors (Lipinski definition) is 0. The fraction of sp³-hybridized carbons (Fsp3) is 0.700. The van der Waals surface area contributed by atoms with Crippen molar-refractivity contribution < 1.29 is 14.4 Å². The maximum Gasteiger partial charge on any atom is 0.229 e. The number of halogens is 1. The lowest BCUT2D eigenvalue weighted by Gasteiger charge is -2.29. The summed E-state index contributed by atoms with van der Waals surface area (Å²) in [5.41, 5.74) is -0.390. The molecular weight excluding hydrogens is 218 g/mol. The molecule has 5 heteroatoms. The summed E-state index contributed by atoms with van der Waals surface area (Å²) < 4.78 is 0. The Labute approximate surface area is 92.6 Å². The molecule has 2 aliphatic heterocycles. The first-order valence-corrected chi connectivity index (χ1v) is 5.47. The van der Waals surface area contributed by atoms with Crippen LogP contribution >= 0.6 is 11.6 Å². The van der Waals surface area contributed by atoms with Crippen molar-refractivity contribution in [2.75, 3.05) is 0 Å². The fourth-order valence-electron chi connectivity index (χ4n) is 2.61. The van der Waals surface area contributed by atoms with Crippen LogP contribution in [0, 0.1) is 0 Å². The van der Waals surface area contributed by atoms with E-state index in [0.29, 0.717) is 32.1 Å². The van der Waals surface area contributed by atoms with Gasteiger partial charge >= 0.3 is 0 Å². The summed E-state index contributed by atoms with van der Waals surface area (Å²) in [7, 11) is 0. The third-order valence-corrected chi connectivity index (χ3v) is 3.56. The number of hydrogen-bond acceptors (Lipinski definition) is 3. The minimum atomic E-state index is -0.400. The Hall–Kier alpha value is -0.900. The summed E-state index contributed by atoms with van der Waals surface area (Å²) in [6.07, 6.45) is 2.96. The van der Waals surface area contributed by atoms with Crippen molar-refractivity contribution in [3.8, 4) is 0 Å². The molecule has 82 valence electrons. The van der Waals surface area contributed by atoms with E-state index in [0.717, 1.165) is 0 Å². The van der Waals surface area contributed by atoms with Gasteiger partial charge in [0.25, 0.3) is 0 Å². The highest BCUT2D eigenvalue weighted by Crippen LogP contribution is 2.43. The molecule has 2 amide bonds. The summed E-state index contributed by atoms with van der Waals surface area (Å²) in [4.78, 5) is 35.1. The summed E-state index contributed by atoms with van der Waals surface area (Å²) in [5, 5.41) is -0.400. The van der Waals surface area contributed by atoms with Gasteiger partial charge < -0.3 is 0 Å². The molecule has 2 rings (SSSR count). The standard InChI is InChI=1S/C10H12ClNO3/c11-7(13)1-4-10-5-2-8(14)12(10)9(15)3-6-10/h1-6H2. The second kappa shape index (κ2) is 3.59. The lowest BCUT2D eigenvalue weighted by molar-refractivity contribution is -0.143. The van der Waals surface area contributed by atoms with Crippen molar-refractivity contribution >= 4 is 28.7 Å². The second-order valence-corrected chi connectivity index (χ2v) is 4.62. The van der Waals surface area contributed by atoms with Crippen molar-refractivity contribution in [1.29, 1.82) is 0 Å². The Morgan fingerprint density at radius 3 is 2.27 bits per heavy atom. The van der Waals surface area contributed by atoms with E-state index in [2.05, 4.69) is 0 Å². The van der Waals surface area contributed by atoms with Gasteiger partial charge in [0.15, 0.2) is 0 Å². The molecule has 0 aromatic carbocycles. The third-order valence-electron chi connectivity index (χ3n) is 3.37. The average molecular weight is 230 g/mol. The highest BCUT2D eigenvalue weighted by molar-refractivity contribution is 6.63. The van der Waals surface area contributed by atoms with Crippen LogP contribution in [0.3, 0.4) is 0 Å². The average Bonchev–Trinajstić information content (AvgIpc) is 2.66. The van der Waals surface area contributed by atoms with E-state index in [1.807, 2.05) is 0 Å². The molecule has 15 heavy (non-hydrogen) atoms. The molecule has 2 heterocycles. The monoisotopic (exact) mass is 229 g/mol. The van der Waals surface area contributed by atoms with Gasteiger partial charge in [-0.15, -0.1) is 0 Å². The van der Waals surface area contributed by atoms with Gasteiger partial charge in [0.05, 0.1) is 5.54 Å². The van der Waals surface area contributed by atoms with Gasteiger partial charge in [-0.05, 0) is 30.9 Å². The Morgan fingerprint density at radius 2 is 1.80 bits per heavy atom. The number of nitrogens with zero attached hydrogens (tertiary/aromatic N) is 1. The predicted octanol–water partition coefficient (Wildman–Crippen LogP) is 1.21. The maximum atomic E-state index is 11.5. The molecule has 2 saturated heterocycles. The zero-order chi connectivity index (χ0) is 11.1. The van der Waals surface area contributed by atoms with Crippen molar-refractivity contribution in [1.82, 2.24) is 4.90 Å². The van der Waals surface area contributed by atoms with E-state index in [1.165, 1.54) is 4.90 Å². The van der Waals surface area contributed by atoms with Crippen LogP contribution in [0.15, 0.2) is 0 Å². The van der Waals surface area contributed by atoms with Gasteiger partial charge in [-0.25, -0.2) is 0 Å². The molecule has 0 aromatic heterocycles. The zero-order valence-electron chi connectivity index (χ0n) is 8.29. The molecule has 0 aliphatic carbocycles. The van der Waals surface area contributed by atoms with Crippen LogP contribution < -0.4 is 0 Å². The fourth-order valence-corrected chi connectivity index (χ4v) is 2.71. The van der Waals surface area contributed by atoms with Crippen LogP contribution in [0.1, 0.15) is 38.5 Å². The summed E-state index contributed by atoms with van der Waals surface area (Å²) >= 11 is 5.29. The van der Waals surface area contributed by atoms with Crippen LogP contribution in [0.25, 0.3) is 0 Å². The number of amides is 2. The van der Waals surface area contributed by atoms with Crippen molar-refractivity contribution in [3.63, 3.8) is 0 Å². The SMILES string of the molecule is O=C(Cl)CCC12CCC(=O)N1C(=O)CC2. The second-order valence-electron chi connectivity index (χ2n) is 4.20. The van der Waals surface area contributed by atoms with Crippen LogP contribution in [0.4, 0.5) is 0 Å². The van der Waals surface area contributed by atoms with Gasteiger partial charge in [0.1, 0.15) is 0 Å². The molecule has 2 aliphatic rings.